The number of nitrogens with one attached hydrogen (secondary N) is 3. The van der Waals surface area contributed by atoms with Crippen LogP contribution in [-0.2, 0) is 25.7 Å². The smallest absolute Gasteiger partial charge is 0.412 e. The molecule has 0 bridgehead atoms. The first-order valence-corrected chi connectivity index (χ1v) is 12.8. The van der Waals surface area contributed by atoms with E-state index in [1.54, 1.807) is 57.0 Å². The van der Waals surface area contributed by atoms with Gasteiger partial charge < -0.3 is 15.4 Å². The number of carbonyl (C=O) groups is 4. The van der Waals surface area contributed by atoms with Crippen molar-refractivity contribution in [3.05, 3.63) is 59.7 Å². The van der Waals surface area contributed by atoms with Gasteiger partial charge in [0.25, 0.3) is 5.91 Å². The molecule has 4 amide bonds. The van der Waals surface area contributed by atoms with Gasteiger partial charge in [0.15, 0.2) is 0 Å². The van der Waals surface area contributed by atoms with Crippen LogP contribution in [0.1, 0.15) is 57.7 Å². The lowest BCUT2D eigenvalue weighted by molar-refractivity contribution is -0.148. The van der Waals surface area contributed by atoms with E-state index in [1.165, 1.54) is 0 Å². The Hall–Kier alpha value is -3.92. The minimum absolute atomic E-state index is 0.106. The van der Waals surface area contributed by atoms with Crippen LogP contribution in [0.4, 0.5) is 16.2 Å². The lowest BCUT2D eigenvalue weighted by Crippen LogP contribution is -2.46. The largest absolute Gasteiger partial charge is 0.444 e. The Morgan fingerprint density at radius 3 is 2.37 bits per heavy atom. The molecule has 0 aromatic heterocycles. The van der Waals surface area contributed by atoms with E-state index in [9.17, 15) is 19.2 Å². The third-order valence-corrected chi connectivity index (χ3v) is 6.41. The summed E-state index contributed by atoms with van der Waals surface area (Å²) in [5, 5.41) is 12.0. The summed E-state index contributed by atoms with van der Waals surface area (Å²) in [6, 6.07) is 13.6. The summed E-state index contributed by atoms with van der Waals surface area (Å²) in [5.41, 5.74) is 1.87. The number of para-hydroxylation sites is 2. The van der Waals surface area contributed by atoms with Gasteiger partial charge in [-0.15, -0.1) is 0 Å². The molecule has 4 rings (SSSR count). The zero-order valence-corrected chi connectivity index (χ0v) is 22.2. The van der Waals surface area contributed by atoms with Crippen molar-refractivity contribution in [2.24, 2.45) is 5.92 Å². The van der Waals surface area contributed by atoms with Crippen LogP contribution in [0.15, 0.2) is 48.5 Å². The highest BCUT2D eigenvalue weighted by atomic mass is 16.6. The van der Waals surface area contributed by atoms with Gasteiger partial charge in [-0.05, 0) is 50.5 Å². The van der Waals surface area contributed by atoms with Gasteiger partial charge in [0.1, 0.15) is 11.6 Å². The van der Waals surface area contributed by atoms with Gasteiger partial charge in [-0.1, -0.05) is 43.3 Å². The van der Waals surface area contributed by atoms with Crippen LogP contribution in [0, 0.1) is 5.92 Å². The van der Waals surface area contributed by atoms with E-state index >= 15 is 0 Å². The molecule has 2 heterocycles. The fourth-order valence-electron chi connectivity index (χ4n) is 4.63. The Balaban J connectivity index is 1.40. The highest BCUT2D eigenvalue weighted by Gasteiger charge is 2.38. The third-order valence-electron chi connectivity index (χ3n) is 6.41. The predicted octanol–water partition coefficient (Wildman–Crippen LogP) is 3.82. The van der Waals surface area contributed by atoms with Gasteiger partial charge in [-0.3, -0.25) is 24.7 Å². The Morgan fingerprint density at radius 1 is 1.00 bits per heavy atom. The first kappa shape index (κ1) is 27.1. The summed E-state index contributed by atoms with van der Waals surface area (Å²) in [6.07, 6.45) is 0.136. The molecule has 10 nitrogen and oxygen atoms in total. The average Bonchev–Trinajstić information content (AvgIpc) is 3.26. The molecule has 2 aromatic rings. The maximum atomic E-state index is 13.4. The van der Waals surface area contributed by atoms with Crippen molar-refractivity contribution in [1.82, 2.24) is 15.3 Å². The van der Waals surface area contributed by atoms with Gasteiger partial charge in [-0.25, -0.2) is 9.80 Å². The molecule has 0 aliphatic carbocycles. The second kappa shape index (κ2) is 11.2. The van der Waals surface area contributed by atoms with E-state index in [-0.39, 0.29) is 18.2 Å². The molecular formula is C28H35N5O5. The SMILES string of the molecule is CC(CC(=O)Nc1ccccc1NC(=O)OC(C)(C)C)C(=O)N[C@@H]1C(=O)N2CCCN2Cc2ccccc21. The number of nitrogens with zero attached hydrogens (tertiary/aromatic N) is 2. The van der Waals surface area contributed by atoms with Crippen LogP contribution >= 0.6 is 0 Å². The van der Waals surface area contributed by atoms with E-state index in [1.807, 2.05) is 29.3 Å². The molecule has 10 heteroatoms. The van der Waals surface area contributed by atoms with E-state index in [0.717, 1.165) is 24.1 Å². The van der Waals surface area contributed by atoms with Gasteiger partial charge in [0.05, 0.1) is 11.4 Å². The molecule has 0 radical (unpaired) electrons. The molecule has 0 spiro atoms. The van der Waals surface area contributed by atoms with Crippen molar-refractivity contribution in [2.45, 2.75) is 58.7 Å². The first-order valence-electron chi connectivity index (χ1n) is 12.8. The van der Waals surface area contributed by atoms with Crippen molar-refractivity contribution in [1.29, 1.82) is 0 Å². The molecule has 2 aliphatic rings. The van der Waals surface area contributed by atoms with Crippen molar-refractivity contribution >= 4 is 35.2 Å². The van der Waals surface area contributed by atoms with Crippen molar-refractivity contribution in [3.63, 3.8) is 0 Å². The maximum absolute atomic E-state index is 13.4. The lowest BCUT2D eigenvalue weighted by atomic mass is 9.98. The van der Waals surface area contributed by atoms with E-state index in [4.69, 9.17) is 4.74 Å². The number of amides is 4. The minimum Gasteiger partial charge on any atom is -0.444 e. The second-order valence-electron chi connectivity index (χ2n) is 10.7. The number of ether oxygens (including phenoxy) is 1. The van der Waals surface area contributed by atoms with Crippen LogP contribution in [-0.4, -0.2) is 52.5 Å². The van der Waals surface area contributed by atoms with Crippen LogP contribution in [0.5, 0.6) is 0 Å². The third kappa shape index (κ3) is 6.49. The number of benzene rings is 2. The molecule has 202 valence electrons. The van der Waals surface area contributed by atoms with Crippen molar-refractivity contribution < 1.29 is 23.9 Å². The molecule has 1 unspecified atom stereocenters. The quantitative estimate of drug-likeness (QED) is 0.532. The van der Waals surface area contributed by atoms with Crippen LogP contribution in [0.3, 0.4) is 0 Å². The Bertz CT molecular complexity index is 1220. The van der Waals surface area contributed by atoms with Crippen LogP contribution in [0.25, 0.3) is 0 Å². The molecule has 1 saturated heterocycles. The standard InChI is InChI=1S/C28H35N5O5/c1-18(16-23(34)29-21-12-7-8-13-22(21)30-27(37)38-28(2,3)4)25(35)31-24-20-11-6-5-10-19(20)17-32-14-9-15-33(32)26(24)36/h5-8,10-13,18,24H,9,14-17H2,1-4H3,(H,29,34)(H,30,37)(H,31,35)/t18?,24-/m0/s1. The Labute approximate surface area is 222 Å². The van der Waals surface area contributed by atoms with E-state index in [2.05, 4.69) is 16.0 Å². The molecule has 0 saturated carbocycles. The maximum Gasteiger partial charge on any atom is 0.412 e. The fraction of sp³-hybridized carbons (Fsp3) is 0.429. The number of hydrazine groups is 1. The topological polar surface area (TPSA) is 120 Å². The predicted molar refractivity (Wildman–Crippen MR) is 143 cm³/mol. The summed E-state index contributed by atoms with van der Waals surface area (Å²) < 4.78 is 5.29. The lowest BCUT2D eigenvalue weighted by Gasteiger charge is -2.28. The number of anilines is 2. The van der Waals surface area contributed by atoms with Crippen LogP contribution in [0.2, 0.25) is 0 Å². The molecule has 1 fully saturated rings. The monoisotopic (exact) mass is 521 g/mol. The molecule has 2 atom stereocenters. The molecule has 2 aromatic carbocycles. The second-order valence-corrected chi connectivity index (χ2v) is 10.7. The number of hydrogen-bond acceptors (Lipinski definition) is 6. The van der Waals surface area contributed by atoms with E-state index < -0.39 is 29.6 Å². The van der Waals surface area contributed by atoms with Crippen molar-refractivity contribution in [2.75, 3.05) is 23.7 Å². The summed E-state index contributed by atoms with van der Waals surface area (Å²) in [5.74, 6) is -1.65. The zero-order valence-electron chi connectivity index (χ0n) is 22.2. The number of carbonyl (C=O) groups excluding carboxylic acids is 4. The molecule has 3 N–H and O–H groups in total. The fourth-order valence-corrected chi connectivity index (χ4v) is 4.63. The number of rotatable bonds is 6. The first-order chi connectivity index (χ1) is 18.0. The average molecular weight is 522 g/mol. The van der Waals surface area contributed by atoms with E-state index in [0.29, 0.717) is 24.5 Å². The molecule has 38 heavy (non-hydrogen) atoms. The van der Waals surface area contributed by atoms with Gasteiger partial charge in [0.2, 0.25) is 11.8 Å². The summed E-state index contributed by atoms with van der Waals surface area (Å²) in [6.45, 7) is 8.95. The van der Waals surface area contributed by atoms with Crippen LogP contribution < -0.4 is 16.0 Å². The summed E-state index contributed by atoms with van der Waals surface area (Å²) >= 11 is 0. The van der Waals surface area contributed by atoms with Gasteiger partial charge in [0, 0.05) is 32.0 Å². The molecular weight excluding hydrogens is 486 g/mol. The Morgan fingerprint density at radius 2 is 1.66 bits per heavy atom. The summed E-state index contributed by atoms with van der Waals surface area (Å²) in [7, 11) is 0. The van der Waals surface area contributed by atoms with Gasteiger partial charge in [-0.2, -0.15) is 0 Å². The highest BCUT2D eigenvalue weighted by molar-refractivity contribution is 5.99. The highest BCUT2D eigenvalue weighted by Crippen LogP contribution is 2.30. The number of hydrogen-bond donors (Lipinski definition) is 3. The number of fused-ring (bicyclic) bond motifs is 2. The van der Waals surface area contributed by atoms with Crippen molar-refractivity contribution in [3.8, 4) is 0 Å². The minimum atomic E-state index is -0.814. The molecule has 2 aliphatic heterocycles. The Kier molecular flexibility index (Phi) is 8.01. The van der Waals surface area contributed by atoms with Gasteiger partial charge >= 0.3 is 6.09 Å². The zero-order chi connectivity index (χ0) is 27.4. The normalized spacial score (nSPS) is 18.1. The summed E-state index contributed by atoms with van der Waals surface area (Å²) in [4.78, 5) is 51.6.